The third-order valence-corrected chi connectivity index (χ3v) is 3.50. The molecular weight excluding hydrogens is 306 g/mol. The van der Waals surface area contributed by atoms with Gasteiger partial charge in [0.25, 0.3) is 0 Å². The molecule has 0 radical (unpaired) electrons. The number of hydrogen-bond donors (Lipinski definition) is 4. The molecule has 0 bridgehead atoms. The fourth-order valence-corrected chi connectivity index (χ4v) is 2.32. The molecule has 0 aliphatic heterocycles. The zero-order valence-corrected chi connectivity index (χ0v) is 13.5. The normalized spacial score (nSPS) is 10.3. The van der Waals surface area contributed by atoms with E-state index in [0.29, 0.717) is 11.6 Å². The van der Waals surface area contributed by atoms with Gasteiger partial charge in [-0.15, -0.1) is 12.6 Å². The van der Waals surface area contributed by atoms with Crippen molar-refractivity contribution in [1.82, 2.24) is 9.97 Å². The van der Waals surface area contributed by atoms with Crippen molar-refractivity contribution in [2.75, 3.05) is 16.4 Å². The number of nitrogens with two attached hydrogens (primary N) is 1. The van der Waals surface area contributed by atoms with Crippen molar-refractivity contribution >= 4 is 41.5 Å². The molecule has 0 saturated carbocycles. The van der Waals surface area contributed by atoms with Crippen molar-refractivity contribution in [2.24, 2.45) is 0 Å². The number of nitrogens with one attached hydrogen (secondary N) is 2. The van der Waals surface area contributed by atoms with Gasteiger partial charge in [0.2, 0.25) is 5.95 Å². The summed E-state index contributed by atoms with van der Waals surface area (Å²) in [7, 11) is 0. The summed E-state index contributed by atoms with van der Waals surface area (Å²) < 4.78 is 0. The minimum atomic E-state index is 0.515. The number of aryl methyl sites for hydroxylation is 1. The first-order chi connectivity index (χ1) is 11.1. The summed E-state index contributed by atoms with van der Waals surface area (Å²) >= 11 is 4.33. The lowest BCUT2D eigenvalue weighted by Gasteiger charge is -2.11. The van der Waals surface area contributed by atoms with Crippen molar-refractivity contribution < 1.29 is 0 Å². The second-order valence-corrected chi connectivity index (χ2v) is 5.67. The monoisotopic (exact) mass is 323 g/mol. The number of anilines is 5. The molecule has 0 fully saturated rings. The van der Waals surface area contributed by atoms with E-state index in [1.807, 2.05) is 55.5 Å². The van der Waals surface area contributed by atoms with Crippen LogP contribution in [0.3, 0.4) is 0 Å². The van der Waals surface area contributed by atoms with Gasteiger partial charge in [0.15, 0.2) is 0 Å². The van der Waals surface area contributed by atoms with Gasteiger partial charge in [-0.1, -0.05) is 12.1 Å². The van der Waals surface area contributed by atoms with E-state index in [1.165, 1.54) is 0 Å². The molecule has 2 aromatic carbocycles. The van der Waals surface area contributed by atoms with Crippen LogP contribution in [0.25, 0.3) is 0 Å². The van der Waals surface area contributed by atoms with Crippen LogP contribution in [-0.4, -0.2) is 9.97 Å². The number of nitrogens with zero attached hydrogens (tertiary/aromatic N) is 2. The highest BCUT2D eigenvalue weighted by Crippen LogP contribution is 2.22. The largest absolute Gasteiger partial charge is 0.399 e. The van der Waals surface area contributed by atoms with E-state index < -0.39 is 0 Å². The predicted molar refractivity (Wildman–Crippen MR) is 97.9 cm³/mol. The fourth-order valence-electron chi connectivity index (χ4n) is 2.09. The first kappa shape index (κ1) is 15.2. The third kappa shape index (κ3) is 3.92. The van der Waals surface area contributed by atoms with Crippen molar-refractivity contribution in [3.05, 3.63) is 60.3 Å². The average molecular weight is 323 g/mol. The summed E-state index contributed by atoms with van der Waals surface area (Å²) in [5, 5.41) is 6.44. The number of rotatable bonds is 4. The maximum Gasteiger partial charge on any atom is 0.229 e. The minimum Gasteiger partial charge on any atom is -0.399 e. The Morgan fingerprint density at radius 2 is 1.74 bits per heavy atom. The van der Waals surface area contributed by atoms with Crippen LogP contribution in [0, 0.1) is 6.92 Å². The average Bonchev–Trinajstić information content (AvgIpc) is 2.51. The van der Waals surface area contributed by atoms with E-state index in [2.05, 4.69) is 33.2 Å². The molecular formula is C17H17N5S. The van der Waals surface area contributed by atoms with Crippen LogP contribution < -0.4 is 16.4 Å². The molecule has 3 rings (SSSR count). The fraction of sp³-hybridized carbons (Fsp3) is 0.0588. The van der Waals surface area contributed by atoms with Crippen LogP contribution in [0.4, 0.5) is 28.8 Å². The van der Waals surface area contributed by atoms with Gasteiger partial charge in [-0.3, -0.25) is 0 Å². The lowest BCUT2D eigenvalue weighted by atomic mass is 10.2. The van der Waals surface area contributed by atoms with Gasteiger partial charge >= 0.3 is 0 Å². The molecule has 0 atom stereocenters. The molecule has 0 spiro atoms. The van der Waals surface area contributed by atoms with Crippen molar-refractivity contribution in [3.63, 3.8) is 0 Å². The highest BCUT2D eigenvalue weighted by molar-refractivity contribution is 7.80. The third-order valence-electron chi connectivity index (χ3n) is 3.22. The SMILES string of the molecule is Cc1cnc(Nc2cccc(S)c2)nc1Nc1cccc(N)c1. The van der Waals surface area contributed by atoms with E-state index in [-0.39, 0.29) is 0 Å². The van der Waals surface area contributed by atoms with E-state index in [1.54, 1.807) is 6.20 Å². The molecule has 0 aliphatic carbocycles. The molecule has 5 nitrogen and oxygen atoms in total. The first-order valence-corrected chi connectivity index (χ1v) is 7.57. The van der Waals surface area contributed by atoms with Crippen molar-refractivity contribution in [1.29, 1.82) is 0 Å². The second-order valence-electron chi connectivity index (χ2n) is 5.15. The molecule has 0 aliphatic rings. The standard InChI is InChI=1S/C17H17N5S/c1-11-10-19-17(21-14-6-3-7-15(23)9-14)22-16(11)20-13-5-2-4-12(18)8-13/h2-10,23H,18H2,1H3,(H2,19,20,21,22). The number of aromatic nitrogens is 2. The Morgan fingerprint density at radius 3 is 2.48 bits per heavy atom. The van der Waals surface area contributed by atoms with Crippen molar-refractivity contribution in [3.8, 4) is 0 Å². The Labute approximate surface area is 140 Å². The van der Waals surface area contributed by atoms with Crippen LogP contribution in [0.2, 0.25) is 0 Å². The molecule has 3 aromatic rings. The smallest absolute Gasteiger partial charge is 0.229 e. The van der Waals surface area contributed by atoms with Crippen LogP contribution in [0.5, 0.6) is 0 Å². The second kappa shape index (κ2) is 6.58. The molecule has 1 heterocycles. The number of nitrogen functional groups attached to an aromatic ring is 1. The van der Waals surface area contributed by atoms with Gasteiger partial charge in [-0.05, 0) is 43.3 Å². The summed E-state index contributed by atoms with van der Waals surface area (Å²) in [6.45, 7) is 1.95. The molecule has 0 unspecified atom stereocenters. The van der Waals surface area contributed by atoms with Gasteiger partial charge in [0, 0.05) is 33.7 Å². The number of hydrogen-bond acceptors (Lipinski definition) is 6. The highest BCUT2D eigenvalue weighted by Gasteiger charge is 2.05. The highest BCUT2D eigenvalue weighted by atomic mass is 32.1. The molecule has 6 heteroatoms. The molecule has 1 aromatic heterocycles. The summed E-state index contributed by atoms with van der Waals surface area (Å²) in [6.07, 6.45) is 1.77. The van der Waals surface area contributed by atoms with Gasteiger partial charge in [-0.2, -0.15) is 4.98 Å². The Bertz CT molecular complexity index is 835. The van der Waals surface area contributed by atoms with E-state index in [9.17, 15) is 0 Å². The summed E-state index contributed by atoms with van der Waals surface area (Å²) in [6, 6.07) is 15.2. The molecule has 0 amide bonds. The Balaban J connectivity index is 1.84. The predicted octanol–water partition coefficient (Wildman–Crippen LogP) is 4.14. The van der Waals surface area contributed by atoms with Crippen LogP contribution >= 0.6 is 12.6 Å². The van der Waals surface area contributed by atoms with Gasteiger partial charge in [-0.25, -0.2) is 4.98 Å². The first-order valence-electron chi connectivity index (χ1n) is 7.12. The van der Waals surface area contributed by atoms with Crippen LogP contribution in [0.1, 0.15) is 5.56 Å². The summed E-state index contributed by atoms with van der Waals surface area (Å²) in [5.74, 6) is 1.25. The van der Waals surface area contributed by atoms with Gasteiger partial charge in [0.1, 0.15) is 5.82 Å². The lowest BCUT2D eigenvalue weighted by Crippen LogP contribution is -2.03. The van der Waals surface area contributed by atoms with Crippen molar-refractivity contribution in [2.45, 2.75) is 11.8 Å². The maximum atomic E-state index is 5.80. The van der Waals surface area contributed by atoms with Crippen LogP contribution in [0.15, 0.2) is 59.6 Å². The Morgan fingerprint density at radius 1 is 1.00 bits per heavy atom. The Kier molecular flexibility index (Phi) is 4.34. The summed E-state index contributed by atoms with van der Waals surface area (Å²) in [5.41, 5.74) is 9.22. The van der Waals surface area contributed by atoms with Gasteiger partial charge < -0.3 is 16.4 Å². The maximum absolute atomic E-state index is 5.80. The van der Waals surface area contributed by atoms with Crippen LogP contribution in [-0.2, 0) is 0 Å². The quantitative estimate of drug-likeness (QED) is 0.429. The molecule has 23 heavy (non-hydrogen) atoms. The molecule has 4 N–H and O–H groups in total. The number of benzene rings is 2. The topological polar surface area (TPSA) is 75.9 Å². The van der Waals surface area contributed by atoms with E-state index in [0.717, 1.165) is 27.7 Å². The zero-order valence-electron chi connectivity index (χ0n) is 12.6. The molecule has 0 saturated heterocycles. The lowest BCUT2D eigenvalue weighted by molar-refractivity contribution is 1.13. The van der Waals surface area contributed by atoms with E-state index >= 15 is 0 Å². The van der Waals surface area contributed by atoms with E-state index in [4.69, 9.17) is 5.73 Å². The molecule has 116 valence electrons. The number of thiol groups is 1. The Hall–Kier alpha value is -2.73. The minimum absolute atomic E-state index is 0.515. The zero-order chi connectivity index (χ0) is 16.2. The summed E-state index contributed by atoms with van der Waals surface area (Å²) in [4.78, 5) is 9.71. The van der Waals surface area contributed by atoms with Gasteiger partial charge in [0.05, 0.1) is 0 Å².